The highest BCUT2D eigenvalue weighted by atomic mass is 35.5. The Morgan fingerprint density at radius 2 is 1.77 bits per heavy atom. The molecule has 0 radical (unpaired) electrons. The first-order valence-corrected chi connectivity index (χ1v) is 10.5. The summed E-state index contributed by atoms with van der Waals surface area (Å²) in [7, 11) is 1.30. The molecule has 3 rings (SSSR count). The van der Waals surface area contributed by atoms with E-state index in [0.29, 0.717) is 34.5 Å². The average molecular weight is 460 g/mol. The zero-order valence-corrected chi connectivity index (χ0v) is 18.7. The lowest BCUT2D eigenvalue weighted by molar-refractivity contribution is -0.130. The molecule has 162 valence electrons. The number of hydrogen-bond acceptors (Lipinski definition) is 5. The van der Waals surface area contributed by atoms with E-state index in [1.807, 2.05) is 19.1 Å². The van der Waals surface area contributed by atoms with Gasteiger partial charge in [-0.2, -0.15) is 0 Å². The summed E-state index contributed by atoms with van der Waals surface area (Å²) in [4.78, 5) is 40.4. The zero-order chi connectivity index (χ0) is 22.5. The van der Waals surface area contributed by atoms with Crippen molar-refractivity contribution < 1.29 is 19.1 Å². The number of hydrogen-bond donors (Lipinski definition) is 1. The topological polar surface area (TPSA) is 79.0 Å². The molecule has 1 saturated heterocycles. The van der Waals surface area contributed by atoms with Gasteiger partial charge in [-0.1, -0.05) is 23.7 Å². The van der Waals surface area contributed by atoms with Gasteiger partial charge in [0.2, 0.25) is 5.91 Å². The molecular weight excluding hydrogens is 438 g/mol. The van der Waals surface area contributed by atoms with Gasteiger partial charge in [0.15, 0.2) is 5.11 Å². The fourth-order valence-electron chi connectivity index (χ4n) is 3.34. The Morgan fingerprint density at radius 1 is 1.13 bits per heavy atom. The fraction of sp³-hybridized carbons (Fsp3) is 0.273. The maximum atomic E-state index is 12.9. The molecule has 2 aromatic rings. The summed E-state index contributed by atoms with van der Waals surface area (Å²) in [5, 5.41) is 3.79. The van der Waals surface area contributed by atoms with Crippen LogP contribution in [-0.2, 0) is 20.9 Å². The van der Waals surface area contributed by atoms with Gasteiger partial charge in [-0.25, -0.2) is 4.79 Å². The number of likely N-dealkylation sites (N-methyl/N-ethyl adjacent to an activating group) is 1. The third kappa shape index (κ3) is 5.21. The van der Waals surface area contributed by atoms with Crippen LogP contribution in [-0.4, -0.2) is 52.4 Å². The average Bonchev–Trinajstić information content (AvgIpc) is 2.98. The van der Waals surface area contributed by atoms with Crippen LogP contribution in [0.3, 0.4) is 0 Å². The number of carbonyl (C=O) groups is 3. The lowest BCUT2D eigenvalue weighted by Gasteiger charge is -2.24. The molecule has 0 spiro atoms. The van der Waals surface area contributed by atoms with Crippen LogP contribution in [0.15, 0.2) is 48.5 Å². The Balaban J connectivity index is 1.72. The van der Waals surface area contributed by atoms with E-state index in [1.165, 1.54) is 12.0 Å². The summed E-state index contributed by atoms with van der Waals surface area (Å²) in [5.74, 6) is -0.982. The van der Waals surface area contributed by atoms with Crippen molar-refractivity contribution in [1.29, 1.82) is 0 Å². The van der Waals surface area contributed by atoms with Crippen LogP contribution in [0.2, 0.25) is 5.02 Å². The molecule has 1 heterocycles. The third-order valence-corrected chi connectivity index (χ3v) is 5.66. The Kier molecular flexibility index (Phi) is 7.25. The van der Waals surface area contributed by atoms with Gasteiger partial charge >= 0.3 is 5.97 Å². The molecule has 0 saturated carbocycles. The molecule has 2 aromatic carbocycles. The van der Waals surface area contributed by atoms with E-state index in [-0.39, 0.29) is 18.2 Å². The first kappa shape index (κ1) is 22.7. The summed E-state index contributed by atoms with van der Waals surface area (Å²) < 4.78 is 4.66. The van der Waals surface area contributed by atoms with E-state index < -0.39 is 12.0 Å². The number of esters is 1. The van der Waals surface area contributed by atoms with Crippen LogP contribution in [0.4, 0.5) is 5.69 Å². The van der Waals surface area contributed by atoms with Crippen molar-refractivity contribution in [2.24, 2.45) is 0 Å². The van der Waals surface area contributed by atoms with Crippen LogP contribution >= 0.6 is 23.8 Å². The molecule has 0 bridgehead atoms. The number of benzene rings is 2. The SMILES string of the molecule is CCN1C(=O)[C@@H](CC(=O)Nc2ccc(C(=O)OC)cc2)N(Cc2ccc(Cl)cc2)C1=S. The number of nitrogens with zero attached hydrogens (tertiary/aromatic N) is 2. The predicted octanol–water partition coefficient (Wildman–Crippen LogP) is 3.47. The summed E-state index contributed by atoms with van der Waals surface area (Å²) in [6, 6.07) is 12.9. The molecule has 31 heavy (non-hydrogen) atoms. The van der Waals surface area contributed by atoms with E-state index >= 15 is 0 Å². The van der Waals surface area contributed by atoms with E-state index in [4.69, 9.17) is 23.8 Å². The van der Waals surface area contributed by atoms with E-state index in [9.17, 15) is 14.4 Å². The third-order valence-electron chi connectivity index (χ3n) is 4.95. The minimum atomic E-state index is -0.697. The molecule has 1 fully saturated rings. The summed E-state index contributed by atoms with van der Waals surface area (Å²) in [6.07, 6.45) is -0.0538. The highest BCUT2D eigenvalue weighted by Crippen LogP contribution is 2.24. The van der Waals surface area contributed by atoms with Gasteiger partial charge in [0.25, 0.3) is 5.91 Å². The molecule has 9 heteroatoms. The quantitative estimate of drug-likeness (QED) is 0.504. The minimum absolute atomic E-state index is 0.0538. The maximum Gasteiger partial charge on any atom is 0.337 e. The smallest absolute Gasteiger partial charge is 0.337 e. The van der Waals surface area contributed by atoms with Crippen molar-refractivity contribution in [2.45, 2.75) is 25.9 Å². The lowest BCUT2D eigenvalue weighted by atomic mass is 10.1. The molecule has 1 aliphatic rings. The zero-order valence-electron chi connectivity index (χ0n) is 17.1. The molecule has 0 aliphatic carbocycles. The van der Waals surface area contributed by atoms with Gasteiger partial charge in [0, 0.05) is 23.8 Å². The van der Waals surface area contributed by atoms with E-state index in [1.54, 1.807) is 41.3 Å². The van der Waals surface area contributed by atoms with Crippen molar-refractivity contribution in [3.05, 3.63) is 64.7 Å². The standard InChI is InChI=1S/C22H22ClN3O4S/c1-3-25-20(28)18(26(22(25)31)13-14-4-8-16(23)9-5-14)12-19(27)24-17-10-6-15(7-11-17)21(29)30-2/h4-11,18H,3,12-13H2,1-2H3,(H,24,27)/t18-/m1/s1. The van der Waals surface area contributed by atoms with Gasteiger partial charge in [-0.05, 0) is 61.1 Å². The second-order valence-electron chi connectivity index (χ2n) is 6.96. The van der Waals surface area contributed by atoms with Gasteiger partial charge < -0.3 is 15.0 Å². The van der Waals surface area contributed by atoms with Crippen molar-refractivity contribution in [3.8, 4) is 0 Å². The van der Waals surface area contributed by atoms with Crippen molar-refractivity contribution in [2.75, 3.05) is 19.0 Å². The number of halogens is 1. The highest BCUT2D eigenvalue weighted by Gasteiger charge is 2.42. The molecule has 1 N–H and O–H groups in total. The maximum absolute atomic E-state index is 12.9. The van der Waals surface area contributed by atoms with E-state index in [2.05, 4.69) is 10.1 Å². The number of methoxy groups -OCH3 is 1. The monoisotopic (exact) mass is 459 g/mol. The molecule has 1 aliphatic heterocycles. The van der Waals surface area contributed by atoms with Crippen LogP contribution in [0, 0.1) is 0 Å². The van der Waals surface area contributed by atoms with Gasteiger partial charge in [0.1, 0.15) is 6.04 Å². The summed E-state index contributed by atoms with van der Waals surface area (Å²) >= 11 is 11.5. The molecular formula is C22H22ClN3O4S. The van der Waals surface area contributed by atoms with Gasteiger partial charge in [-0.3, -0.25) is 14.5 Å². The molecule has 0 unspecified atom stereocenters. The second-order valence-corrected chi connectivity index (χ2v) is 7.76. The predicted molar refractivity (Wildman–Crippen MR) is 122 cm³/mol. The van der Waals surface area contributed by atoms with Crippen LogP contribution in [0.5, 0.6) is 0 Å². The number of anilines is 1. The number of amides is 2. The molecule has 1 atom stereocenters. The first-order valence-electron chi connectivity index (χ1n) is 9.68. The molecule has 0 aromatic heterocycles. The van der Waals surface area contributed by atoms with Crippen LogP contribution in [0.25, 0.3) is 0 Å². The highest BCUT2D eigenvalue weighted by molar-refractivity contribution is 7.80. The number of carbonyl (C=O) groups excluding carboxylic acids is 3. The van der Waals surface area contributed by atoms with Crippen LogP contribution < -0.4 is 5.32 Å². The summed E-state index contributed by atoms with van der Waals surface area (Å²) in [6.45, 7) is 2.67. The normalized spacial score (nSPS) is 15.9. The largest absolute Gasteiger partial charge is 0.465 e. The lowest BCUT2D eigenvalue weighted by Crippen LogP contribution is -2.37. The van der Waals surface area contributed by atoms with Gasteiger partial charge in [0.05, 0.1) is 19.1 Å². The summed E-state index contributed by atoms with van der Waals surface area (Å²) in [5.41, 5.74) is 1.83. The Bertz CT molecular complexity index is 995. The Hall–Kier alpha value is -2.97. The molecule has 7 nitrogen and oxygen atoms in total. The first-order chi connectivity index (χ1) is 14.8. The number of ether oxygens (including phenoxy) is 1. The van der Waals surface area contributed by atoms with E-state index in [0.717, 1.165) is 5.56 Å². The minimum Gasteiger partial charge on any atom is -0.465 e. The number of rotatable bonds is 7. The van der Waals surface area contributed by atoms with Gasteiger partial charge in [-0.15, -0.1) is 0 Å². The van der Waals surface area contributed by atoms with Crippen molar-refractivity contribution in [3.63, 3.8) is 0 Å². The van der Waals surface area contributed by atoms with Crippen molar-refractivity contribution >= 4 is 52.4 Å². The van der Waals surface area contributed by atoms with Crippen molar-refractivity contribution in [1.82, 2.24) is 9.80 Å². The Morgan fingerprint density at radius 3 is 2.35 bits per heavy atom. The number of thiocarbonyl (C=S) groups is 1. The Labute approximate surface area is 190 Å². The molecule has 2 amide bonds. The fourth-order valence-corrected chi connectivity index (χ4v) is 3.88. The van der Waals surface area contributed by atoms with Crippen LogP contribution in [0.1, 0.15) is 29.3 Å². The number of nitrogens with one attached hydrogen (secondary N) is 1. The second kappa shape index (κ2) is 9.89.